The lowest BCUT2D eigenvalue weighted by Crippen LogP contribution is -2.53. The lowest BCUT2D eigenvalue weighted by atomic mass is 9.51. The van der Waals surface area contributed by atoms with Gasteiger partial charge in [0.05, 0.1) is 16.7 Å². The first-order valence-corrected chi connectivity index (χ1v) is 11.6. The predicted octanol–water partition coefficient (Wildman–Crippen LogP) is 6.05. The van der Waals surface area contributed by atoms with E-state index < -0.39 is 0 Å². The monoisotopic (exact) mass is 435 g/mol. The van der Waals surface area contributed by atoms with E-state index >= 15 is 0 Å². The van der Waals surface area contributed by atoms with Gasteiger partial charge in [0.15, 0.2) is 0 Å². The largest absolute Gasteiger partial charge is 0.551 e. The van der Waals surface area contributed by atoms with Gasteiger partial charge in [-0.15, -0.1) is 0 Å². The van der Waals surface area contributed by atoms with Crippen molar-refractivity contribution in [2.24, 2.45) is 0 Å². The Labute approximate surface area is 196 Å². The number of hydrogen-bond acceptors (Lipinski definition) is 2. The fourth-order valence-corrected chi connectivity index (χ4v) is 5.62. The molecule has 0 saturated heterocycles. The molecule has 0 radical (unpaired) electrons. The second-order valence-electron chi connectivity index (χ2n) is 8.91. The standard InChI is InChI=1S/C30H18BNO2/c1-5-13-25-20(9-1)21-10-2-6-14-26(21)32(25)19-17-23-22-11-3-7-15-27(22)34-31-24-12-4-8-16-28(24)33-29(18-19)30(23)31/h1-18H. The van der Waals surface area contributed by atoms with Crippen LogP contribution in [-0.2, 0) is 0 Å². The van der Waals surface area contributed by atoms with Crippen molar-refractivity contribution in [1.29, 1.82) is 0 Å². The summed E-state index contributed by atoms with van der Waals surface area (Å²) in [6.45, 7) is -0.183. The Bertz CT molecular complexity index is 1730. The Kier molecular flexibility index (Phi) is 3.48. The number of para-hydroxylation sites is 4. The highest BCUT2D eigenvalue weighted by molar-refractivity contribution is 6.84. The molecule has 0 N–H and O–H groups in total. The molecule has 0 atom stereocenters. The minimum absolute atomic E-state index is 0.183. The summed E-state index contributed by atoms with van der Waals surface area (Å²) in [5.74, 6) is 2.61. The van der Waals surface area contributed by atoms with E-state index in [-0.39, 0.29) is 6.92 Å². The van der Waals surface area contributed by atoms with Gasteiger partial charge in [-0.05, 0) is 35.9 Å². The Morgan fingerprint density at radius 3 is 2.00 bits per heavy atom. The summed E-state index contributed by atoms with van der Waals surface area (Å²) in [5.41, 5.74) is 7.88. The van der Waals surface area contributed by atoms with Crippen molar-refractivity contribution >= 4 is 39.6 Å². The number of benzene rings is 5. The molecule has 0 saturated carbocycles. The summed E-state index contributed by atoms with van der Waals surface area (Å²) < 4.78 is 15.4. The van der Waals surface area contributed by atoms with Crippen molar-refractivity contribution in [2.75, 3.05) is 0 Å². The van der Waals surface area contributed by atoms with Crippen molar-refractivity contribution in [3.63, 3.8) is 0 Å². The summed E-state index contributed by atoms with van der Waals surface area (Å²) in [5, 5.41) is 2.50. The lowest BCUT2D eigenvalue weighted by Gasteiger charge is -2.33. The van der Waals surface area contributed by atoms with Gasteiger partial charge in [0.1, 0.15) is 17.2 Å². The van der Waals surface area contributed by atoms with Gasteiger partial charge in [-0.1, -0.05) is 72.8 Å². The molecule has 0 fully saturated rings. The maximum absolute atomic E-state index is 6.55. The van der Waals surface area contributed by atoms with Crippen LogP contribution in [0.4, 0.5) is 0 Å². The third-order valence-corrected chi connectivity index (χ3v) is 7.07. The van der Waals surface area contributed by atoms with Crippen LogP contribution in [0.25, 0.3) is 38.6 Å². The molecule has 0 unspecified atom stereocenters. The number of nitrogens with zero attached hydrogens (tertiary/aromatic N) is 1. The molecular formula is C30H18BNO2. The number of fused-ring (bicyclic) bond motifs is 7. The Balaban J connectivity index is 1.48. The third-order valence-electron chi connectivity index (χ3n) is 7.07. The SMILES string of the molecule is c1ccc2c(c1)Oc1cc(-n3c4ccccc4c4ccccc43)cc3c1B2Oc1ccccc1-3. The van der Waals surface area contributed by atoms with Crippen LogP contribution in [0.1, 0.15) is 0 Å². The number of ether oxygens (including phenoxy) is 1. The van der Waals surface area contributed by atoms with Gasteiger partial charge in [-0.25, -0.2) is 0 Å². The second kappa shape index (κ2) is 6.55. The van der Waals surface area contributed by atoms with Crippen molar-refractivity contribution < 1.29 is 9.39 Å². The minimum Gasteiger partial charge on any atom is -0.551 e. The average molecular weight is 435 g/mol. The average Bonchev–Trinajstić information content (AvgIpc) is 3.23. The van der Waals surface area contributed by atoms with Crippen LogP contribution < -0.4 is 20.3 Å². The first-order valence-electron chi connectivity index (χ1n) is 11.6. The fraction of sp³-hybridized carbons (Fsp3) is 0. The molecular weight excluding hydrogens is 417 g/mol. The van der Waals surface area contributed by atoms with Gasteiger partial charge in [-0.2, -0.15) is 0 Å². The second-order valence-corrected chi connectivity index (χ2v) is 8.91. The van der Waals surface area contributed by atoms with Crippen molar-refractivity contribution in [2.45, 2.75) is 0 Å². The Hall–Kier alpha value is -4.44. The number of rotatable bonds is 1. The summed E-state index contributed by atoms with van der Waals surface area (Å²) in [7, 11) is 0. The van der Waals surface area contributed by atoms with Gasteiger partial charge in [0.2, 0.25) is 0 Å². The molecule has 0 bridgehead atoms. The van der Waals surface area contributed by atoms with Crippen LogP contribution in [-0.4, -0.2) is 11.5 Å². The van der Waals surface area contributed by atoms with E-state index in [2.05, 4.69) is 89.5 Å². The molecule has 1 aromatic heterocycles. The zero-order valence-corrected chi connectivity index (χ0v) is 18.2. The quantitative estimate of drug-likeness (QED) is 0.294. The molecule has 3 heterocycles. The van der Waals surface area contributed by atoms with E-state index in [4.69, 9.17) is 9.39 Å². The smallest absolute Gasteiger partial charge is 0.434 e. The number of aromatic nitrogens is 1. The third kappa shape index (κ3) is 2.32. The van der Waals surface area contributed by atoms with Gasteiger partial charge in [-0.3, -0.25) is 0 Å². The van der Waals surface area contributed by atoms with Gasteiger partial charge < -0.3 is 14.0 Å². The normalized spacial score (nSPS) is 13.1. The Morgan fingerprint density at radius 1 is 0.559 bits per heavy atom. The Morgan fingerprint density at radius 2 is 1.21 bits per heavy atom. The van der Waals surface area contributed by atoms with Crippen LogP contribution in [0, 0.1) is 0 Å². The van der Waals surface area contributed by atoms with Crippen LogP contribution in [0.3, 0.4) is 0 Å². The highest BCUT2D eigenvalue weighted by atomic mass is 16.5. The van der Waals surface area contributed by atoms with E-state index in [9.17, 15) is 0 Å². The van der Waals surface area contributed by atoms with E-state index in [1.807, 2.05) is 24.3 Å². The fourth-order valence-electron chi connectivity index (χ4n) is 5.62. The molecule has 0 spiro atoms. The topological polar surface area (TPSA) is 23.4 Å². The summed E-state index contributed by atoms with van der Waals surface area (Å²) in [4.78, 5) is 0. The molecule has 0 amide bonds. The van der Waals surface area contributed by atoms with Crippen LogP contribution in [0.5, 0.6) is 17.2 Å². The predicted molar refractivity (Wildman–Crippen MR) is 138 cm³/mol. The first kappa shape index (κ1) is 18.0. The van der Waals surface area contributed by atoms with Crippen molar-refractivity contribution in [3.05, 3.63) is 109 Å². The summed E-state index contributed by atoms with van der Waals surface area (Å²) in [6, 6.07) is 38.1. The maximum Gasteiger partial charge on any atom is 0.434 e. The van der Waals surface area contributed by atoms with Gasteiger partial charge >= 0.3 is 6.92 Å². The van der Waals surface area contributed by atoms with E-state index in [0.29, 0.717) is 0 Å². The van der Waals surface area contributed by atoms with Crippen molar-refractivity contribution in [1.82, 2.24) is 4.57 Å². The molecule has 6 aromatic rings. The van der Waals surface area contributed by atoms with E-state index in [1.54, 1.807) is 0 Å². The molecule has 2 aliphatic rings. The molecule has 3 nitrogen and oxygen atoms in total. The molecule has 0 aliphatic carbocycles. The minimum atomic E-state index is -0.183. The summed E-state index contributed by atoms with van der Waals surface area (Å²) in [6.07, 6.45) is 0. The molecule has 8 rings (SSSR count). The molecule has 4 heteroatoms. The zero-order chi connectivity index (χ0) is 22.2. The van der Waals surface area contributed by atoms with E-state index in [1.165, 1.54) is 21.8 Å². The van der Waals surface area contributed by atoms with Crippen molar-refractivity contribution in [3.8, 4) is 34.1 Å². The summed E-state index contributed by atoms with van der Waals surface area (Å²) >= 11 is 0. The van der Waals surface area contributed by atoms with Gasteiger partial charge in [0, 0.05) is 33.3 Å². The molecule has 5 aromatic carbocycles. The first-order chi connectivity index (χ1) is 16.9. The van der Waals surface area contributed by atoms with Crippen LogP contribution in [0.15, 0.2) is 109 Å². The highest BCUT2D eigenvalue weighted by Gasteiger charge is 2.40. The molecule has 158 valence electrons. The van der Waals surface area contributed by atoms with Gasteiger partial charge in [0.25, 0.3) is 0 Å². The van der Waals surface area contributed by atoms with E-state index in [0.717, 1.165) is 45.0 Å². The van der Waals surface area contributed by atoms with Crippen LogP contribution >= 0.6 is 0 Å². The zero-order valence-electron chi connectivity index (χ0n) is 18.2. The molecule has 34 heavy (non-hydrogen) atoms. The molecule has 2 aliphatic heterocycles. The lowest BCUT2D eigenvalue weighted by molar-refractivity contribution is 0.479. The maximum atomic E-state index is 6.55. The number of hydrogen-bond donors (Lipinski definition) is 0. The van der Waals surface area contributed by atoms with Crippen LogP contribution in [0.2, 0.25) is 0 Å². The highest BCUT2D eigenvalue weighted by Crippen LogP contribution is 2.41.